The van der Waals surface area contributed by atoms with Crippen molar-refractivity contribution in [1.82, 2.24) is 30.1 Å². The van der Waals surface area contributed by atoms with Crippen molar-refractivity contribution in [1.29, 1.82) is 0 Å². The number of aromatic nitrogens is 3. The lowest BCUT2D eigenvalue weighted by atomic mass is 9.69. The van der Waals surface area contributed by atoms with E-state index in [9.17, 15) is 5.11 Å². The largest absolute Gasteiger partial charge is 0.361 e. The van der Waals surface area contributed by atoms with Gasteiger partial charge in [0.25, 0.3) is 5.96 Å². The van der Waals surface area contributed by atoms with Crippen molar-refractivity contribution in [2.24, 2.45) is 9.98 Å². The Bertz CT molecular complexity index is 1080. The van der Waals surface area contributed by atoms with Gasteiger partial charge in [0.2, 0.25) is 0 Å². The molecule has 2 aliphatic rings. The average molecular weight is 479 g/mol. The summed E-state index contributed by atoms with van der Waals surface area (Å²) in [4.78, 5) is 12.8. The van der Waals surface area contributed by atoms with Gasteiger partial charge in [-0.15, -0.1) is 5.10 Å². The van der Waals surface area contributed by atoms with Crippen LogP contribution in [-0.2, 0) is 5.54 Å². The van der Waals surface area contributed by atoms with Crippen LogP contribution in [0.3, 0.4) is 0 Å². The second kappa shape index (κ2) is 10.0. The van der Waals surface area contributed by atoms with Gasteiger partial charge in [0.15, 0.2) is 6.35 Å². The molecule has 1 saturated carbocycles. The van der Waals surface area contributed by atoms with Gasteiger partial charge in [-0.25, -0.2) is 9.98 Å². The van der Waals surface area contributed by atoms with E-state index in [1.807, 2.05) is 18.0 Å². The Kier molecular flexibility index (Phi) is 7.21. The monoisotopic (exact) mass is 478 g/mol. The average Bonchev–Trinajstić information content (AvgIpc) is 3.46. The van der Waals surface area contributed by atoms with Crippen molar-refractivity contribution in [3.63, 3.8) is 0 Å². The van der Waals surface area contributed by atoms with Gasteiger partial charge in [0, 0.05) is 29.5 Å². The molecule has 0 radical (unpaired) electrons. The van der Waals surface area contributed by atoms with Gasteiger partial charge in [0.1, 0.15) is 0 Å². The van der Waals surface area contributed by atoms with E-state index in [1.54, 1.807) is 6.20 Å². The fourth-order valence-electron chi connectivity index (χ4n) is 5.35. The summed E-state index contributed by atoms with van der Waals surface area (Å²) in [6.45, 7) is 10.4. The first kappa shape index (κ1) is 25.2. The highest BCUT2D eigenvalue weighted by molar-refractivity contribution is 5.85. The summed E-state index contributed by atoms with van der Waals surface area (Å²) in [5.74, 6) is 0.606. The highest BCUT2D eigenvalue weighted by Gasteiger charge is 2.50. The Morgan fingerprint density at radius 1 is 1.23 bits per heavy atom. The third-order valence-corrected chi connectivity index (χ3v) is 7.67. The third-order valence-electron chi connectivity index (χ3n) is 7.67. The Labute approximate surface area is 208 Å². The van der Waals surface area contributed by atoms with Gasteiger partial charge in [-0.05, 0) is 64.9 Å². The Morgan fingerprint density at radius 3 is 2.49 bits per heavy atom. The number of hydrogen-bond acceptors (Lipinski definition) is 7. The summed E-state index contributed by atoms with van der Waals surface area (Å²) in [5, 5.41) is 22.7. The van der Waals surface area contributed by atoms with Crippen molar-refractivity contribution >= 4 is 12.7 Å². The molecule has 0 bridgehead atoms. The zero-order valence-electron chi connectivity index (χ0n) is 21.5. The summed E-state index contributed by atoms with van der Waals surface area (Å²) >= 11 is 0. The van der Waals surface area contributed by atoms with Crippen LogP contribution in [0.25, 0.3) is 0 Å². The molecular weight excluding hydrogens is 440 g/mol. The van der Waals surface area contributed by atoms with Crippen LogP contribution >= 0.6 is 0 Å². The van der Waals surface area contributed by atoms with Crippen LogP contribution in [0.1, 0.15) is 63.6 Å². The molecule has 2 heterocycles. The molecule has 4 rings (SSSR count). The van der Waals surface area contributed by atoms with Crippen molar-refractivity contribution in [3.05, 3.63) is 59.7 Å². The van der Waals surface area contributed by atoms with E-state index >= 15 is 0 Å². The Balaban J connectivity index is 1.48. The molecule has 1 aliphatic heterocycles. The maximum absolute atomic E-state index is 10.9. The molecule has 188 valence electrons. The quantitative estimate of drug-likeness (QED) is 0.507. The van der Waals surface area contributed by atoms with Gasteiger partial charge in [-0.3, -0.25) is 10.2 Å². The van der Waals surface area contributed by atoms with E-state index in [4.69, 9.17) is 0 Å². The smallest absolute Gasteiger partial charge is 0.251 e. The van der Waals surface area contributed by atoms with Crippen LogP contribution in [0.2, 0.25) is 0 Å². The van der Waals surface area contributed by atoms with Gasteiger partial charge in [0.05, 0.1) is 11.9 Å². The number of rotatable bonds is 5. The van der Waals surface area contributed by atoms with E-state index in [0.717, 1.165) is 43.6 Å². The first-order chi connectivity index (χ1) is 16.7. The molecule has 2 fully saturated rings. The lowest BCUT2D eigenvalue weighted by Crippen LogP contribution is -2.54. The van der Waals surface area contributed by atoms with Crippen molar-refractivity contribution < 1.29 is 5.11 Å². The number of nitrogens with one attached hydrogen (secondary N) is 1. The number of aliphatic hydroxyl groups excluding tert-OH is 1. The topological polar surface area (TPSA) is 94.2 Å². The first-order valence-electron chi connectivity index (χ1n) is 12.3. The van der Waals surface area contributed by atoms with Crippen LogP contribution < -0.4 is 5.32 Å². The van der Waals surface area contributed by atoms with Gasteiger partial charge < -0.3 is 10.0 Å². The highest BCUT2D eigenvalue weighted by Crippen LogP contribution is 2.46. The summed E-state index contributed by atoms with van der Waals surface area (Å²) in [6, 6.07) is 10.8. The molecule has 1 aromatic heterocycles. The van der Waals surface area contributed by atoms with E-state index in [2.05, 4.69) is 95.5 Å². The Hall–Kier alpha value is -2.88. The SMILES string of the molecule is C=NC(=N/C=C(\C)N1CC2(CCC(c3ccccc3)(N(C)C)CC2)NC1O)n1cc(C(C)C)nn1. The summed E-state index contributed by atoms with van der Waals surface area (Å²) in [6.07, 6.45) is 6.75. The number of hydrogen-bond donors (Lipinski definition) is 2. The maximum Gasteiger partial charge on any atom is 0.251 e. The highest BCUT2D eigenvalue weighted by atomic mass is 16.3. The normalized spacial score (nSPS) is 27.9. The molecule has 0 amide bonds. The van der Waals surface area contributed by atoms with Crippen molar-refractivity contribution in [2.75, 3.05) is 20.6 Å². The minimum atomic E-state index is -0.760. The number of aliphatic imine (C=N–C) groups is 2. The van der Waals surface area contributed by atoms with E-state index in [1.165, 1.54) is 10.2 Å². The molecule has 1 spiro atoms. The lowest BCUT2D eigenvalue weighted by molar-refractivity contribution is 0.0324. The summed E-state index contributed by atoms with van der Waals surface area (Å²) in [5.41, 5.74) is 2.95. The first-order valence-corrected chi connectivity index (χ1v) is 12.3. The molecule has 9 heteroatoms. The molecule has 35 heavy (non-hydrogen) atoms. The summed E-state index contributed by atoms with van der Waals surface area (Å²) in [7, 11) is 4.34. The van der Waals surface area contributed by atoms with Crippen molar-refractivity contribution in [3.8, 4) is 0 Å². The third kappa shape index (κ3) is 4.94. The standard InChI is InChI=1S/C26H38N8O/c1-19(2)22-17-34(31-30-22)23(27-4)28-16-20(3)33-18-25(29-24(33)35)12-14-26(15-13-25,32(5)6)21-10-8-7-9-11-21/h7-11,16-17,19,24,29,35H,4,12-15,18H2,1-3,5-6H3/b20-16+,28-23?. The minimum absolute atomic E-state index is 0.0128. The van der Waals surface area contributed by atoms with Crippen LogP contribution in [0, 0.1) is 0 Å². The van der Waals surface area contributed by atoms with Crippen LogP contribution in [0.15, 0.2) is 58.4 Å². The van der Waals surface area contributed by atoms with Gasteiger partial charge in [-0.1, -0.05) is 49.4 Å². The number of allylic oxidation sites excluding steroid dienone is 1. The zero-order valence-corrected chi connectivity index (χ0v) is 21.5. The fraction of sp³-hybridized carbons (Fsp3) is 0.538. The van der Waals surface area contributed by atoms with Gasteiger partial charge >= 0.3 is 0 Å². The molecule has 1 aromatic carbocycles. The van der Waals surface area contributed by atoms with Crippen molar-refractivity contribution in [2.45, 2.75) is 69.8 Å². The van der Waals surface area contributed by atoms with Crippen LogP contribution in [0.4, 0.5) is 0 Å². The zero-order chi connectivity index (χ0) is 25.2. The predicted octanol–water partition coefficient (Wildman–Crippen LogP) is 3.12. The second-order valence-electron chi connectivity index (χ2n) is 10.3. The molecule has 1 unspecified atom stereocenters. The number of nitrogens with zero attached hydrogens (tertiary/aromatic N) is 7. The van der Waals surface area contributed by atoms with E-state index < -0.39 is 6.35 Å². The van der Waals surface area contributed by atoms with Crippen LogP contribution in [0.5, 0.6) is 0 Å². The van der Waals surface area contributed by atoms with E-state index in [-0.39, 0.29) is 17.0 Å². The molecule has 2 aromatic rings. The molecule has 1 aliphatic carbocycles. The molecule has 2 N–H and O–H groups in total. The fourth-order valence-corrected chi connectivity index (χ4v) is 5.35. The number of aliphatic hydroxyl groups is 1. The second-order valence-corrected chi connectivity index (χ2v) is 10.3. The predicted molar refractivity (Wildman–Crippen MR) is 139 cm³/mol. The minimum Gasteiger partial charge on any atom is -0.361 e. The number of benzene rings is 1. The Morgan fingerprint density at radius 2 is 1.91 bits per heavy atom. The van der Waals surface area contributed by atoms with Crippen LogP contribution in [-0.4, -0.2) is 75.1 Å². The molecule has 1 atom stereocenters. The van der Waals surface area contributed by atoms with E-state index in [0.29, 0.717) is 5.96 Å². The molecular formula is C26H38N8O. The van der Waals surface area contributed by atoms with Gasteiger partial charge in [-0.2, -0.15) is 4.68 Å². The lowest BCUT2D eigenvalue weighted by Gasteiger charge is -2.49. The molecule has 9 nitrogen and oxygen atoms in total. The maximum atomic E-state index is 10.9. The summed E-state index contributed by atoms with van der Waals surface area (Å²) < 4.78 is 1.53. The molecule has 1 saturated heterocycles.